The Hall–Kier alpha value is -0.640. The first-order chi connectivity index (χ1) is 8.56. The highest BCUT2D eigenvalue weighted by molar-refractivity contribution is 6.30. The van der Waals surface area contributed by atoms with Gasteiger partial charge in [0, 0.05) is 12.6 Å². The van der Waals surface area contributed by atoms with Crippen molar-refractivity contribution in [1.82, 2.24) is 4.90 Å². The Morgan fingerprint density at radius 2 is 2.33 bits per heavy atom. The molecule has 100 valence electrons. The van der Waals surface area contributed by atoms with Crippen molar-refractivity contribution < 1.29 is 9.50 Å². The highest BCUT2D eigenvalue weighted by Gasteiger charge is 2.25. The van der Waals surface area contributed by atoms with Gasteiger partial charge in [-0.25, -0.2) is 4.39 Å². The van der Waals surface area contributed by atoms with Crippen molar-refractivity contribution in [2.24, 2.45) is 0 Å². The van der Waals surface area contributed by atoms with Crippen LogP contribution in [0.15, 0.2) is 18.2 Å². The Kier molecular flexibility index (Phi) is 4.60. The van der Waals surface area contributed by atoms with Crippen molar-refractivity contribution in [3.05, 3.63) is 34.6 Å². The molecule has 1 fully saturated rings. The average molecular weight is 272 g/mol. The molecule has 0 spiro atoms. The number of rotatable bonds is 4. The van der Waals surface area contributed by atoms with E-state index in [1.54, 1.807) is 12.1 Å². The Morgan fingerprint density at radius 3 is 3.00 bits per heavy atom. The van der Waals surface area contributed by atoms with E-state index in [0.29, 0.717) is 6.04 Å². The smallest absolute Gasteiger partial charge is 0.141 e. The molecule has 1 aromatic rings. The highest BCUT2D eigenvalue weighted by Crippen LogP contribution is 2.25. The summed E-state index contributed by atoms with van der Waals surface area (Å²) in [6.45, 7) is 3.63. The van der Waals surface area contributed by atoms with Crippen LogP contribution in [0.4, 0.5) is 4.39 Å². The SMILES string of the molecule is CC(O)CC1CCCN1Cc1ccc(F)c(Cl)c1. The first kappa shape index (κ1) is 13.8. The number of likely N-dealkylation sites (tertiary alicyclic amines) is 1. The standard InChI is InChI=1S/C14H19ClFNO/c1-10(18)7-12-3-2-6-17(12)9-11-4-5-14(16)13(15)8-11/h4-5,8,10,12,18H,2-3,6-7,9H2,1H3. The molecule has 0 aliphatic carbocycles. The van der Waals surface area contributed by atoms with Crippen LogP contribution in [0.1, 0.15) is 31.7 Å². The summed E-state index contributed by atoms with van der Waals surface area (Å²) in [6.07, 6.45) is 2.81. The normalized spacial score (nSPS) is 22.3. The molecule has 0 bridgehead atoms. The second kappa shape index (κ2) is 6.00. The summed E-state index contributed by atoms with van der Waals surface area (Å²) >= 11 is 5.79. The average Bonchev–Trinajstić information content (AvgIpc) is 2.70. The molecule has 0 amide bonds. The lowest BCUT2D eigenvalue weighted by atomic mass is 10.1. The van der Waals surface area contributed by atoms with E-state index in [1.807, 2.05) is 6.92 Å². The molecule has 2 nitrogen and oxygen atoms in total. The van der Waals surface area contributed by atoms with Gasteiger partial charge in [0.15, 0.2) is 0 Å². The molecule has 0 radical (unpaired) electrons. The molecule has 2 rings (SSSR count). The van der Waals surface area contributed by atoms with Gasteiger partial charge in [-0.05, 0) is 50.4 Å². The largest absolute Gasteiger partial charge is 0.393 e. The molecule has 2 atom stereocenters. The van der Waals surface area contributed by atoms with Gasteiger partial charge >= 0.3 is 0 Å². The lowest BCUT2D eigenvalue weighted by Crippen LogP contribution is -2.31. The van der Waals surface area contributed by atoms with E-state index < -0.39 is 0 Å². The summed E-state index contributed by atoms with van der Waals surface area (Å²) in [5.74, 6) is -0.373. The summed E-state index contributed by atoms with van der Waals surface area (Å²) in [4.78, 5) is 2.34. The minimum atomic E-state index is -0.373. The van der Waals surface area contributed by atoms with Crippen molar-refractivity contribution in [2.45, 2.75) is 44.9 Å². The van der Waals surface area contributed by atoms with Crippen LogP contribution < -0.4 is 0 Å². The first-order valence-corrected chi connectivity index (χ1v) is 6.80. The van der Waals surface area contributed by atoms with Crippen LogP contribution in [0.2, 0.25) is 5.02 Å². The molecule has 1 aliphatic rings. The van der Waals surface area contributed by atoms with E-state index in [-0.39, 0.29) is 16.9 Å². The number of aliphatic hydroxyl groups excluding tert-OH is 1. The predicted octanol–water partition coefficient (Wildman–Crippen LogP) is 3.21. The van der Waals surface area contributed by atoms with Crippen LogP contribution in [0.3, 0.4) is 0 Å². The van der Waals surface area contributed by atoms with Crippen LogP contribution in [-0.2, 0) is 6.54 Å². The van der Waals surface area contributed by atoms with Gasteiger partial charge in [0.25, 0.3) is 0 Å². The molecule has 0 aromatic heterocycles. The quantitative estimate of drug-likeness (QED) is 0.909. The summed E-state index contributed by atoms with van der Waals surface area (Å²) < 4.78 is 13.1. The second-order valence-electron chi connectivity index (χ2n) is 5.10. The molecule has 18 heavy (non-hydrogen) atoms. The van der Waals surface area contributed by atoms with Gasteiger partial charge in [0.2, 0.25) is 0 Å². The minimum absolute atomic E-state index is 0.179. The molecule has 1 N–H and O–H groups in total. The van der Waals surface area contributed by atoms with Crippen molar-refractivity contribution in [3.63, 3.8) is 0 Å². The zero-order valence-electron chi connectivity index (χ0n) is 10.6. The van der Waals surface area contributed by atoms with E-state index in [9.17, 15) is 9.50 Å². The maximum atomic E-state index is 13.1. The lowest BCUT2D eigenvalue weighted by molar-refractivity contribution is 0.131. The minimum Gasteiger partial charge on any atom is -0.393 e. The van der Waals surface area contributed by atoms with Gasteiger partial charge < -0.3 is 5.11 Å². The highest BCUT2D eigenvalue weighted by atomic mass is 35.5. The van der Waals surface area contributed by atoms with Gasteiger partial charge in [-0.15, -0.1) is 0 Å². The van der Waals surface area contributed by atoms with Crippen molar-refractivity contribution in [3.8, 4) is 0 Å². The molecule has 1 heterocycles. The fraction of sp³-hybridized carbons (Fsp3) is 0.571. The molecule has 1 aromatic carbocycles. The first-order valence-electron chi connectivity index (χ1n) is 6.42. The van der Waals surface area contributed by atoms with Crippen LogP contribution in [0.25, 0.3) is 0 Å². The van der Waals surface area contributed by atoms with E-state index >= 15 is 0 Å². The van der Waals surface area contributed by atoms with Gasteiger partial charge in [0.05, 0.1) is 11.1 Å². The molecular formula is C14H19ClFNO. The molecular weight excluding hydrogens is 253 g/mol. The number of nitrogens with zero attached hydrogens (tertiary/aromatic N) is 1. The zero-order valence-corrected chi connectivity index (χ0v) is 11.3. The number of benzene rings is 1. The van der Waals surface area contributed by atoms with Crippen LogP contribution in [0, 0.1) is 5.82 Å². The third-order valence-electron chi connectivity index (χ3n) is 3.48. The van der Waals surface area contributed by atoms with Gasteiger partial charge in [-0.3, -0.25) is 4.90 Å². The summed E-state index contributed by atoms with van der Waals surface area (Å²) in [6, 6.07) is 5.30. The van der Waals surface area contributed by atoms with E-state index in [0.717, 1.165) is 37.9 Å². The Balaban J connectivity index is 2.01. The monoisotopic (exact) mass is 271 g/mol. The summed E-state index contributed by atoms with van der Waals surface area (Å²) in [5.41, 5.74) is 1.03. The van der Waals surface area contributed by atoms with Gasteiger partial charge in [0.1, 0.15) is 5.82 Å². The van der Waals surface area contributed by atoms with Crippen LogP contribution >= 0.6 is 11.6 Å². The lowest BCUT2D eigenvalue weighted by Gasteiger charge is -2.25. The zero-order chi connectivity index (χ0) is 13.1. The van der Waals surface area contributed by atoms with Crippen LogP contribution in [-0.4, -0.2) is 28.7 Å². The fourth-order valence-electron chi connectivity index (χ4n) is 2.64. The maximum Gasteiger partial charge on any atom is 0.141 e. The molecule has 2 unspecified atom stereocenters. The predicted molar refractivity (Wildman–Crippen MR) is 71.1 cm³/mol. The van der Waals surface area contributed by atoms with Gasteiger partial charge in [-0.1, -0.05) is 17.7 Å². The van der Waals surface area contributed by atoms with Crippen molar-refractivity contribution in [1.29, 1.82) is 0 Å². The van der Waals surface area contributed by atoms with E-state index in [1.165, 1.54) is 6.07 Å². The number of aliphatic hydroxyl groups is 1. The molecule has 4 heteroatoms. The Labute approximate surface area is 112 Å². The number of halogens is 2. The molecule has 0 saturated carbocycles. The molecule has 1 aliphatic heterocycles. The summed E-state index contributed by atoms with van der Waals surface area (Å²) in [5, 5.41) is 9.66. The Bertz CT molecular complexity index is 411. The van der Waals surface area contributed by atoms with Crippen molar-refractivity contribution >= 4 is 11.6 Å². The maximum absolute atomic E-state index is 13.1. The topological polar surface area (TPSA) is 23.5 Å². The van der Waals surface area contributed by atoms with E-state index in [2.05, 4.69) is 4.90 Å². The second-order valence-corrected chi connectivity index (χ2v) is 5.51. The number of hydrogen-bond donors (Lipinski definition) is 1. The van der Waals surface area contributed by atoms with Crippen molar-refractivity contribution in [2.75, 3.05) is 6.54 Å². The van der Waals surface area contributed by atoms with Crippen LogP contribution in [0.5, 0.6) is 0 Å². The third-order valence-corrected chi connectivity index (χ3v) is 3.77. The third kappa shape index (κ3) is 3.44. The Morgan fingerprint density at radius 1 is 1.56 bits per heavy atom. The number of hydrogen-bond acceptors (Lipinski definition) is 2. The van der Waals surface area contributed by atoms with E-state index in [4.69, 9.17) is 11.6 Å². The van der Waals surface area contributed by atoms with Gasteiger partial charge in [-0.2, -0.15) is 0 Å². The molecule has 1 saturated heterocycles. The fourth-order valence-corrected chi connectivity index (χ4v) is 2.84. The summed E-state index contributed by atoms with van der Waals surface area (Å²) in [7, 11) is 0.